The molecule has 0 spiro atoms. The van der Waals surface area contributed by atoms with Crippen molar-refractivity contribution in [1.82, 2.24) is 4.98 Å². The van der Waals surface area contributed by atoms with Crippen LogP contribution in [0.25, 0.3) is 11.3 Å². The largest absolute Gasteiger partial charge is 0.492 e. The highest BCUT2D eigenvalue weighted by atomic mass is 35.5. The number of H-pyrrole nitrogens is 1. The van der Waals surface area contributed by atoms with E-state index in [-0.39, 0.29) is 24.4 Å². The third-order valence-corrected chi connectivity index (χ3v) is 3.27. The molecule has 24 heavy (non-hydrogen) atoms. The molecular weight excluding hydrogens is 334 g/mol. The zero-order chi connectivity index (χ0) is 17.7. The van der Waals surface area contributed by atoms with Crippen LogP contribution in [0.5, 0.6) is 5.75 Å². The molecule has 2 aromatic rings. The zero-order valence-corrected chi connectivity index (χ0v) is 13.2. The molecule has 0 bridgehead atoms. The topological polar surface area (TPSA) is 147 Å². The van der Waals surface area contributed by atoms with Gasteiger partial charge in [0.05, 0.1) is 23.7 Å². The van der Waals surface area contributed by atoms with Gasteiger partial charge in [-0.05, 0) is 24.3 Å². The van der Waals surface area contributed by atoms with Crippen LogP contribution >= 0.6 is 11.6 Å². The van der Waals surface area contributed by atoms with Gasteiger partial charge < -0.3 is 21.2 Å². The number of nitrogens with two attached hydrogens (primary N) is 2. The summed E-state index contributed by atoms with van der Waals surface area (Å²) in [6.45, 7) is 0.195. The van der Waals surface area contributed by atoms with Gasteiger partial charge in [-0.25, -0.2) is 4.79 Å². The number of carbonyl (C=O) groups is 2. The van der Waals surface area contributed by atoms with Crippen LogP contribution in [0.1, 0.15) is 16.8 Å². The molecule has 0 radical (unpaired) electrons. The number of urea groups is 1. The van der Waals surface area contributed by atoms with Gasteiger partial charge in [-0.3, -0.25) is 10.1 Å². The first-order valence-corrected chi connectivity index (χ1v) is 7.19. The lowest BCUT2D eigenvalue weighted by molar-refractivity contribution is 0.100. The van der Waals surface area contributed by atoms with E-state index in [9.17, 15) is 9.59 Å². The molecule has 1 aromatic carbocycles. The molecule has 0 fully saturated rings. The van der Waals surface area contributed by atoms with Gasteiger partial charge in [0.15, 0.2) is 0 Å². The van der Waals surface area contributed by atoms with Gasteiger partial charge in [-0.1, -0.05) is 11.6 Å². The minimum Gasteiger partial charge on any atom is -0.492 e. The average Bonchev–Trinajstić information content (AvgIpc) is 2.92. The number of nitrogens with zero attached hydrogens (tertiary/aromatic N) is 1. The number of primary amides is 2. The summed E-state index contributed by atoms with van der Waals surface area (Å²) in [5, 5.41) is 11.3. The van der Waals surface area contributed by atoms with Crippen molar-refractivity contribution >= 4 is 29.4 Å². The molecule has 6 N–H and O–H groups in total. The lowest BCUT2D eigenvalue weighted by Crippen LogP contribution is -2.22. The Kier molecular flexibility index (Phi) is 5.29. The number of anilines is 1. The number of hydrogen-bond acceptors (Lipinski definition) is 4. The Balaban J connectivity index is 2.47. The molecule has 1 aromatic heterocycles. The highest BCUT2D eigenvalue weighted by Crippen LogP contribution is 2.34. The van der Waals surface area contributed by atoms with Crippen molar-refractivity contribution in [2.24, 2.45) is 11.5 Å². The first kappa shape index (κ1) is 17.2. The van der Waals surface area contributed by atoms with Crippen LogP contribution in [0, 0.1) is 11.3 Å². The molecule has 0 aliphatic carbocycles. The van der Waals surface area contributed by atoms with Crippen LogP contribution in [-0.4, -0.2) is 23.5 Å². The van der Waals surface area contributed by atoms with E-state index in [2.05, 4.69) is 10.3 Å². The lowest BCUT2D eigenvalue weighted by atomic mass is 10.1. The molecule has 0 unspecified atom stereocenters. The number of ether oxygens (including phenoxy) is 1. The van der Waals surface area contributed by atoms with E-state index in [0.29, 0.717) is 22.0 Å². The number of hydrogen-bond donors (Lipinski definition) is 4. The first-order valence-electron chi connectivity index (χ1n) is 6.81. The Morgan fingerprint density at radius 3 is 2.71 bits per heavy atom. The van der Waals surface area contributed by atoms with Crippen molar-refractivity contribution < 1.29 is 14.3 Å². The summed E-state index contributed by atoms with van der Waals surface area (Å²) in [6.07, 6.45) is 0.216. The fraction of sp³-hybridized carbons (Fsp3) is 0.133. The van der Waals surface area contributed by atoms with E-state index < -0.39 is 11.9 Å². The molecule has 0 aliphatic heterocycles. The van der Waals surface area contributed by atoms with Gasteiger partial charge in [-0.15, -0.1) is 0 Å². The van der Waals surface area contributed by atoms with E-state index in [4.69, 9.17) is 33.1 Å². The van der Waals surface area contributed by atoms with Gasteiger partial charge in [0, 0.05) is 10.6 Å². The minimum atomic E-state index is -0.845. The van der Waals surface area contributed by atoms with Crippen molar-refractivity contribution in [2.45, 2.75) is 6.42 Å². The predicted molar refractivity (Wildman–Crippen MR) is 88.7 cm³/mol. The van der Waals surface area contributed by atoms with Gasteiger partial charge in [0.25, 0.3) is 5.91 Å². The second-order valence-corrected chi connectivity index (χ2v) is 5.16. The number of aromatic nitrogens is 1. The number of rotatable bonds is 6. The van der Waals surface area contributed by atoms with Crippen LogP contribution < -0.4 is 21.5 Å². The monoisotopic (exact) mass is 347 g/mol. The second kappa shape index (κ2) is 7.39. The van der Waals surface area contributed by atoms with E-state index in [0.717, 1.165) is 0 Å². The summed E-state index contributed by atoms with van der Waals surface area (Å²) in [7, 11) is 0. The molecule has 8 nitrogen and oxygen atoms in total. The Hall–Kier alpha value is -3.18. The SMILES string of the molecule is N#CCCOc1ccc(Cl)cc1-c1cc(C(N)=O)c(NC(N)=O)[nH]1. The third kappa shape index (κ3) is 3.97. The highest BCUT2D eigenvalue weighted by molar-refractivity contribution is 6.31. The van der Waals surface area contributed by atoms with Gasteiger partial charge >= 0.3 is 6.03 Å². The third-order valence-electron chi connectivity index (χ3n) is 3.03. The van der Waals surface area contributed by atoms with Gasteiger partial charge in [0.2, 0.25) is 0 Å². The van der Waals surface area contributed by atoms with E-state index in [1.54, 1.807) is 18.2 Å². The standard InChI is InChI=1S/C15H14ClN5O3/c16-8-2-3-12(24-5-1-4-17)9(6-8)11-7-10(13(18)22)14(20-11)21-15(19)23/h2-3,6-7,20H,1,5H2,(H2,18,22)(H3,19,21,23). The molecule has 1 heterocycles. The number of aromatic amines is 1. The van der Waals surface area contributed by atoms with Crippen LogP contribution in [0.3, 0.4) is 0 Å². The smallest absolute Gasteiger partial charge is 0.317 e. The normalized spacial score (nSPS) is 10.0. The van der Waals surface area contributed by atoms with Crippen molar-refractivity contribution in [1.29, 1.82) is 5.26 Å². The number of amides is 3. The number of nitrogens with one attached hydrogen (secondary N) is 2. The van der Waals surface area contributed by atoms with Crippen LogP contribution in [-0.2, 0) is 0 Å². The average molecular weight is 348 g/mol. The molecule has 124 valence electrons. The molecule has 0 atom stereocenters. The molecule has 9 heteroatoms. The molecule has 0 saturated carbocycles. The summed E-state index contributed by atoms with van der Waals surface area (Å²) in [6, 6.07) is 7.48. The predicted octanol–water partition coefficient (Wildman–Crippen LogP) is 2.22. The van der Waals surface area contributed by atoms with E-state index in [1.807, 2.05) is 6.07 Å². The zero-order valence-electron chi connectivity index (χ0n) is 12.4. The summed E-state index contributed by atoms with van der Waals surface area (Å²) in [5.74, 6) is -0.208. The molecule has 0 saturated heterocycles. The Labute approximate surface area is 142 Å². The molecule has 2 rings (SSSR count). The lowest BCUT2D eigenvalue weighted by Gasteiger charge is -2.10. The van der Waals surface area contributed by atoms with Gasteiger partial charge in [-0.2, -0.15) is 5.26 Å². The van der Waals surface area contributed by atoms with Crippen LogP contribution in [0.4, 0.5) is 10.6 Å². The first-order chi connectivity index (χ1) is 11.4. The number of benzene rings is 1. The maximum Gasteiger partial charge on any atom is 0.317 e. The highest BCUT2D eigenvalue weighted by Gasteiger charge is 2.17. The number of carbonyl (C=O) groups excluding carboxylic acids is 2. The van der Waals surface area contributed by atoms with Crippen molar-refractivity contribution in [3.8, 4) is 23.1 Å². The maximum absolute atomic E-state index is 11.5. The summed E-state index contributed by atoms with van der Waals surface area (Å²) < 4.78 is 5.55. The van der Waals surface area contributed by atoms with Gasteiger partial charge in [0.1, 0.15) is 18.2 Å². The number of halogens is 1. The minimum absolute atomic E-state index is 0.0618. The second-order valence-electron chi connectivity index (χ2n) is 4.72. The number of nitriles is 1. The fourth-order valence-electron chi connectivity index (χ4n) is 2.06. The van der Waals surface area contributed by atoms with E-state index in [1.165, 1.54) is 6.07 Å². The van der Waals surface area contributed by atoms with Crippen LogP contribution in [0.15, 0.2) is 24.3 Å². The van der Waals surface area contributed by atoms with E-state index >= 15 is 0 Å². The Morgan fingerprint density at radius 2 is 2.08 bits per heavy atom. The summed E-state index contributed by atoms with van der Waals surface area (Å²) >= 11 is 6.02. The van der Waals surface area contributed by atoms with Crippen molar-refractivity contribution in [3.63, 3.8) is 0 Å². The van der Waals surface area contributed by atoms with Crippen molar-refractivity contribution in [2.75, 3.05) is 11.9 Å². The molecular formula is C15H14ClN5O3. The quantitative estimate of drug-likeness (QED) is 0.593. The summed E-state index contributed by atoms with van der Waals surface area (Å²) in [4.78, 5) is 25.4. The fourth-order valence-corrected chi connectivity index (χ4v) is 2.23. The summed E-state index contributed by atoms with van der Waals surface area (Å²) in [5.41, 5.74) is 11.4. The Bertz CT molecular complexity index is 825. The van der Waals surface area contributed by atoms with Crippen molar-refractivity contribution in [3.05, 3.63) is 34.9 Å². The Morgan fingerprint density at radius 1 is 1.33 bits per heavy atom. The van der Waals surface area contributed by atoms with Crippen LogP contribution in [0.2, 0.25) is 5.02 Å². The molecule has 3 amide bonds. The molecule has 0 aliphatic rings. The maximum atomic E-state index is 11.5.